The topological polar surface area (TPSA) is 83.5 Å². The van der Waals surface area contributed by atoms with Gasteiger partial charge < -0.3 is 5.11 Å². The Morgan fingerprint density at radius 2 is 2.11 bits per heavy atom. The molecule has 0 radical (unpaired) electrons. The molecule has 2 N–H and O–H groups in total. The second kappa shape index (κ2) is 5.81. The molecule has 0 heterocycles. The number of hydrogen-bond donors (Lipinski definition) is 2. The van der Waals surface area contributed by atoms with Gasteiger partial charge in [-0.15, -0.1) is 0 Å². The number of carbonyl (C=O) groups is 1. The maximum absolute atomic E-state index is 13.0. The van der Waals surface area contributed by atoms with Crippen LogP contribution in [-0.2, 0) is 14.8 Å². The fourth-order valence-corrected chi connectivity index (χ4v) is 2.52. The van der Waals surface area contributed by atoms with Crippen molar-refractivity contribution in [3.8, 4) is 0 Å². The van der Waals surface area contributed by atoms with E-state index in [9.17, 15) is 17.6 Å². The molecule has 7 heteroatoms. The fourth-order valence-electron chi connectivity index (χ4n) is 1.34. The van der Waals surface area contributed by atoms with Crippen molar-refractivity contribution >= 4 is 21.7 Å². The quantitative estimate of drug-likeness (QED) is 0.828. The minimum absolute atomic E-state index is 0.0129. The number of nitrogens with one attached hydrogen (secondary N) is 1. The average Bonchev–Trinajstić information content (AvgIpc) is 2.22. The lowest BCUT2D eigenvalue weighted by Gasteiger charge is -2.10. The van der Waals surface area contributed by atoms with E-state index in [1.165, 1.54) is 12.1 Å². The highest BCUT2D eigenvalue weighted by atomic mass is 32.2. The van der Waals surface area contributed by atoms with Crippen molar-refractivity contribution < 1.29 is 22.7 Å². The fraction of sp³-hybridized carbons (Fsp3) is 0.364. The molecule has 1 aromatic rings. The van der Waals surface area contributed by atoms with Crippen LogP contribution in [0.5, 0.6) is 0 Å². The van der Waals surface area contributed by atoms with E-state index in [1.807, 2.05) is 0 Å². The number of anilines is 1. The number of sulfonamides is 1. The minimum Gasteiger partial charge on any atom is -0.481 e. The van der Waals surface area contributed by atoms with E-state index in [2.05, 4.69) is 4.72 Å². The van der Waals surface area contributed by atoms with Crippen molar-refractivity contribution in [3.05, 3.63) is 29.6 Å². The van der Waals surface area contributed by atoms with Crippen LogP contribution in [0.2, 0.25) is 0 Å². The minimum atomic E-state index is -3.65. The van der Waals surface area contributed by atoms with E-state index in [1.54, 1.807) is 6.92 Å². The Bertz CT molecular complexity index is 542. The van der Waals surface area contributed by atoms with Crippen LogP contribution in [0.1, 0.15) is 18.4 Å². The zero-order valence-electron chi connectivity index (χ0n) is 9.81. The molecular formula is C11H14FNO4S. The molecule has 0 aliphatic carbocycles. The summed E-state index contributed by atoms with van der Waals surface area (Å²) < 4.78 is 38.4. The Hall–Kier alpha value is -1.63. The Balaban J connectivity index is 2.70. The van der Waals surface area contributed by atoms with Crippen molar-refractivity contribution in [2.75, 3.05) is 10.5 Å². The van der Waals surface area contributed by atoms with Gasteiger partial charge in [0.05, 0.1) is 11.4 Å². The molecule has 0 aromatic heterocycles. The van der Waals surface area contributed by atoms with Crippen LogP contribution in [0.15, 0.2) is 18.2 Å². The Morgan fingerprint density at radius 1 is 1.44 bits per heavy atom. The second-order valence-electron chi connectivity index (χ2n) is 3.88. The third kappa shape index (κ3) is 4.70. The number of carboxylic acid groups (broad SMARTS) is 1. The largest absolute Gasteiger partial charge is 0.481 e. The molecule has 0 saturated carbocycles. The third-order valence-corrected chi connectivity index (χ3v) is 3.63. The van der Waals surface area contributed by atoms with E-state index < -0.39 is 21.8 Å². The van der Waals surface area contributed by atoms with Crippen molar-refractivity contribution in [2.24, 2.45) is 0 Å². The van der Waals surface area contributed by atoms with E-state index >= 15 is 0 Å². The summed E-state index contributed by atoms with van der Waals surface area (Å²) in [5, 5.41) is 8.42. The lowest BCUT2D eigenvalue weighted by Crippen LogP contribution is -2.18. The van der Waals surface area contributed by atoms with Crippen LogP contribution in [0.3, 0.4) is 0 Å². The van der Waals surface area contributed by atoms with Crippen molar-refractivity contribution in [2.45, 2.75) is 19.8 Å². The first-order valence-electron chi connectivity index (χ1n) is 5.28. The Labute approximate surface area is 105 Å². The molecular weight excluding hydrogens is 261 g/mol. The van der Waals surface area contributed by atoms with Crippen LogP contribution in [0.25, 0.3) is 0 Å². The highest BCUT2D eigenvalue weighted by Gasteiger charge is 2.13. The number of rotatable bonds is 6. The first kappa shape index (κ1) is 14.4. The molecule has 0 atom stereocenters. The number of carboxylic acids is 1. The molecule has 0 fully saturated rings. The maximum Gasteiger partial charge on any atom is 0.303 e. The molecule has 5 nitrogen and oxygen atoms in total. The van der Waals surface area contributed by atoms with Crippen molar-refractivity contribution in [1.29, 1.82) is 0 Å². The number of halogens is 1. The number of hydrogen-bond acceptors (Lipinski definition) is 3. The molecule has 18 heavy (non-hydrogen) atoms. The van der Waals surface area contributed by atoms with Gasteiger partial charge in [0.2, 0.25) is 10.0 Å². The molecule has 0 saturated heterocycles. The van der Waals surface area contributed by atoms with E-state index in [0.29, 0.717) is 5.56 Å². The SMILES string of the molecule is Cc1ccc(F)cc1NS(=O)(=O)CCCC(=O)O. The first-order valence-corrected chi connectivity index (χ1v) is 6.94. The normalized spacial score (nSPS) is 11.2. The third-order valence-electron chi connectivity index (χ3n) is 2.27. The standard InChI is InChI=1S/C11H14FNO4S/c1-8-4-5-9(12)7-10(8)13-18(16,17)6-2-3-11(14)15/h4-5,7,13H,2-3,6H2,1H3,(H,14,15). The van der Waals surface area contributed by atoms with Gasteiger partial charge in [0.15, 0.2) is 0 Å². The molecule has 0 bridgehead atoms. The van der Waals surface area contributed by atoms with Crippen LogP contribution in [-0.4, -0.2) is 25.2 Å². The van der Waals surface area contributed by atoms with Gasteiger partial charge in [-0.25, -0.2) is 12.8 Å². The summed E-state index contributed by atoms with van der Waals surface area (Å²) in [7, 11) is -3.65. The monoisotopic (exact) mass is 275 g/mol. The Kier molecular flexibility index (Phi) is 4.66. The predicted octanol–water partition coefficient (Wildman–Crippen LogP) is 1.74. The highest BCUT2D eigenvalue weighted by molar-refractivity contribution is 7.92. The summed E-state index contributed by atoms with van der Waals surface area (Å²) in [4.78, 5) is 10.3. The van der Waals surface area contributed by atoms with Gasteiger partial charge in [-0.05, 0) is 31.0 Å². The summed E-state index contributed by atoms with van der Waals surface area (Å²) in [6, 6.07) is 3.78. The van der Waals surface area contributed by atoms with Gasteiger partial charge in [-0.2, -0.15) is 0 Å². The zero-order valence-corrected chi connectivity index (χ0v) is 10.6. The summed E-state index contributed by atoms with van der Waals surface area (Å²) >= 11 is 0. The molecule has 100 valence electrons. The van der Waals surface area contributed by atoms with Crippen molar-refractivity contribution in [1.82, 2.24) is 0 Å². The molecule has 1 aromatic carbocycles. The van der Waals surface area contributed by atoms with Gasteiger partial charge in [-0.1, -0.05) is 6.07 Å². The predicted molar refractivity (Wildman–Crippen MR) is 65.4 cm³/mol. The van der Waals surface area contributed by atoms with E-state index in [-0.39, 0.29) is 24.3 Å². The highest BCUT2D eigenvalue weighted by Crippen LogP contribution is 2.17. The number of aryl methyl sites for hydroxylation is 1. The number of aliphatic carboxylic acids is 1. The van der Waals surface area contributed by atoms with Crippen molar-refractivity contribution in [3.63, 3.8) is 0 Å². The maximum atomic E-state index is 13.0. The van der Waals surface area contributed by atoms with Crippen LogP contribution < -0.4 is 4.72 Å². The molecule has 0 aliphatic rings. The lowest BCUT2D eigenvalue weighted by atomic mass is 10.2. The Morgan fingerprint density at radius 3 is 2.72 bits per heavy atom. The lowest BCUT2D eigenvalue weighted by molar-refractivity contribution is -0.137. The second-order valence-corrected chi connectivity index (χ2v) is 5.72. The molecule has 1 rings (SSSR count). The van der Waals surface area contributed by atoms with E-state index in [0.717, 1.165) is 6.07 Å². The van der Waals surface area contributed by atoms with Gasteiger partial charge in [0.1, 0.15) is 5.82 Å². The zero-order chi connectivity index (χ0) is 13.8. The molecule has 0 aliphatic heterocycles. The van der Waals surface area contributed by atoms with Crippen LogP contribution in [0, 0.1) is 12.7 Å². The molecule has 0 amide bonds. The van der Waals surface area contributed by atoms with E-state index in [4.69, 9.17) is 5.11 Å². The summed E-state index contributed by atoms with van der Waals surface area (Å²) in [6.07, 6.45) is -0.206. The van der Waals surface area contributed by atoms with Crippen LogP contribution >= 0.6 is 0 Å². The first-order chi connectivity index (χ1) is 8.30. The summed E-state index contributed by atoms with van der Waals surface area (Å²) in [6.45, 7) is 1.65. The van der Waals surface area contributed by atoms with Gasteiger partial charge >= 0.3 is 5.97 Å². The van der Waals surface area contributed by atoms with Crippen LogP contribution in [0.4, 0.5) is 10.1 Å². The van der Waals surface area contributed by atoms with Gasteiger partial charge in [-0.3, -0.25) is 9.52 Å². The molecule has 0 unspecified atom stereocenters. The summed E-state index contributed by atoms with van der Waals surface area (Å²) in [5.74, 6) is -1.90. The number of benzene rings is 1. The average molecular weight is 275 g/mol. The van der Waals surface area contributed by atoms with Gasteiger partial charge in [0.25, 0.3) is 0 Å². The summed E-state index contributed by atoms with van der Waals surface area (Å²) in [5.41, 5.74) is 0.767. The van der Waals surface area contributed by atoms with Gasteiger partial charge in [0, 0.05) is 6.42 Å². The smallest absolute Gasteiger partial charge is 0.303 e. The molecule has 0 spiro atoms.